The molecule has 39 heavy (non-hydrogen) atoms. The van der Waals surface area contributed by atoms with Crippen molar-refractivity contribution in [1.29, 1.82) is 0 Å². The highest BCUT2D eigenvalue weighted by atomic mass is 16.1. The summed E-state index contributed by atoms with van der Waals surface area (Å²) in [6.07, 6.45) is 9.62. The molecule has 2 aromatic carbocycles. The first-order valence-corrected chi connectivity index (χ1v) is 13.3. The van der Waals surface area contributed by atoms with Crippen molar-refractivity contribution in [3.05, 3.63) is 101 Å². The summed E-state index contributed by atoms with van der Waals surface area (Å²) in [6, 6.07) is 13.8. The largest absolute Gasteiger partial charge is 0.322 e. The van der Waals surface area contributed by atoms with E-state index < -0.39 is 5.92 Å². The number of amides is 1. The molecule has 8 heteroatoms. The summed E-state index contributed by atoms with van der Waals surface area (Å²) in [7, 11) is 2.17. The van der Waals surface area contributed by atoms with Gasteiger partial charge in [0.1, 0.15) is 5.78 Å². The summed E-state index contributed by atoms with van der Waals surface area (Å²) in [5.74, 6) is -0.267. The molecule has 4 aromatic rings. The highest BCUT2D eigenvalue weighted by Crippen LogP contribution is 2.35. The van der Waals surface area contributed by atoms with E-state index in [9.17, 15) is 9.59 Å². The fraction of sp³-hybridized carbons (Fsp3) is 0.290. The molecule has 2 unspecified atom stereocenters. The van der Waals surface area contributed by atoms with E-state index in [0.29, 0.717) is 11.3 Å². The number of aromatic nitrogens is 3. The number of carbonyl (C=O) groups is 2. The third-order valence-electron chi connectivity index (χ3n) is 7.92. The minimum Gasteiger partial charge on any atom is -0.322 e. The Kier molecular flexibility index (Phi) is 6.58. The van der Waals surface area contributed by atoms with Gasteiger partial charge in [-0.3, -0.25) is 18.9 Å². The van der Waals surface area contributed by atoms with Gasteiger partial charge in [0, 0.05) is 49.8 Å². The molecule has 198 valence electrons. The standard InChI is InChI=1S/C31H32N6O2/c1-20-5-6-23(18-26(20)29(21(2)38)28-19-33-31-32-11-4-12-37(28)31)30(39)34-24-8-9-25-22(17-24)7-10-27(25)36-15-13-35(3)14-16-36/h4-12,17-19,27,29H,13-16H2,1-3H3,(H,34,39). The van der Waals surface area contributed by atoms with E-state index in [-0.39, 0.29) is 17.7 Å². The molecule has 1 amide bonds. The number of piperazine rings is 1. The van der Waals surface area contributed by atoms with E-state index in [1.54, 1.807) is 25.4 Å². The van der Waals surface area contributed by atoms with E-state index in [1.807, 2.05) is 47.9 Å². The molecular formula is C31H32N6O2. The smallest absolute Gasteiger partial charge is 0.255 e. The van der Waals surface area contributed by atoms with Gasteiger partial charge in [-0.25, -0.2) is 9.97 Å². The van der Waals surface area contributed by atoms with Crippen LogP contribution < -0.4 is 5.32 Å². The van der Waals surface area contributed by atoms with Gasteiger partial charge in [-0.1, -0.05) is 24.3 Å². The van der Waals surface area contributed by atoms with Gasteiger partial charge in [0.25, 0.3) is 5.91 Å². The van der Waals surface area contributed by atoms with Crippen LogP contribution in [0.2, 0.25) is 0 Å². The average Bonchev–Trinajstić information content (AvgIpc) is 3.54. The maximum atomic E-state index is 13.4. The number of rotatable bonds is 6. The number of hydrogen-bond acceptors (Lipinski definition) is 6. The Morgan fingerprint density at radius 2 is 1.87 bits per heavy atom. The third-order valence-corrected chi connectivity index (χ3v) is 7.92. The molecule has 0 saturated carbocycles. The Labute approximate surface area is 228 Å². The number of anilines is 1. The van der Waals surface area contributed by atoms with Gasteiger partial charge in [0.15, 0.2) is 0 Å². The second kappa shape index (κ2) is 10.2. The molecule has 1 saturated heterocycles. The summed E-state index contributed by atoms with van der Waals surface area (Å²) in [5.41, 5.74) is 6.12. The first kappa shape index (κ1) is 25.2. The lowest BCUT2D eigenvalue weighted by molar-refractivity contribution is -0.117. The zero-order valence-corrected chi connectivity index (χ0v) is 22.5. The zero-order valence-electron chi connectivity index (χ0n) is 22.5. The molecule has 3 heterocycles. The maximum absolute atomic E-state index is 13.4. The second-order valence-corrected chi connectivity index (χ2v) is 10.5. The van der Waals surface area contributed by atoms with Crippen molar-refractivity contribution in [2.24, 2.45) is 0 Å². The Bertz CT molecular complexity index is 1600. The number of fused-ring (bicyclic) bond motifs is 2. The van der Waals surface area contributed by atoms with Crippen LogP contribution >= 0.6 is 0 Å². The first-order chi connectivity index (χ1) is 18.9. The van der Waals surface area contributed by atoms with Gasteiger partial charge in [0.2, 0.25) is 5.78 Å². The number of hydrogen-bond donors (Lipinski definition) is 1. The fourth-order valence-electron chi connectivity index (χ4n) is 5.73. The molecule has 1 fully saturated rings. The number of Topliss-reactive ketones (excluding diaryl/α,β-unsaturated/α-hetero) is 1. The topological polar surface area (TPSA) is 82.8 Å². The van der Waals surface area contributed by atoms with Gasteiger partial charge in [0.05, 0.1) is 23.9 Å². The lowest BCUT2D eigenvalue weighted by Crippen LogP contribution is -2.45. The van der Waals surface area contributed by atoms with Crippen LogP contribution in [0.25, 0.3) is 11.9 Å². The molecule has 2 aliphatic rings. The predicted molar refractivity (Wildman–Crippen MR) is 152 cm³/mol. The summed E-state index contributed by atoms with van der Waals surface area (Å²) < 4.78 is 1.83. The maximum Gasteiger partial charge on any atom is 0.255 e. The number of aryl methyl sites for hydroxylation is 1. The molecular weight excluding hydrogens is 488 g/mol. The molecule has 6 rings (SSSR count). The van der Waals surface area contributed by atoms with E-state index in [2.05, 4.69) is 50.4 Å². The van der Waals surface area contributed by atoms with Crippen LogP contribution in [0, 0.1) is 6.92 Å². The Hall–Kier alpha value is -4.14. The minimum absolute atomic E-state index is 0.0263. The predicted octanol–water partition coefficient (Wildman–Crippen LogP) is 4.33. The van der Waals surface area contributed by atoms with Gasteiger partial charge in [-0.05, 0) is 73.5 Å². The average molecular weight is 521 g/mol. The summed E-state index contributed by atoms with van der Waals surface area (Å²) in [4.78, 5) is 39.8. The molecule has 0 bridgehead atoms. The number of likely N-dealkylation sites (N-methyl/N-ethyl adjacent to an activating group) is 1. The van der Waals surface area contributed by atoms with Gasteiger partial charge in [-0.2, -0.15) is 0 Å². The van der Waals surface area contributed by atoms with Crippen LogP contribution in [0.3, 0.4) is 0 Å². The normalized spacial score (nSPS) is 18.3. The third kappa shape index (κ3) is 4.77. The van der Waals surface area contributed by atoms with Crippen molar-refractivity contribution in [1.82, 2.24) is 24.2 Å². The number of nitrogens with one attached hydrogen (secondary N) is 1. The lowest BCUT2D eigenvalue weighted by Gasteiger charge is -2.36. The molecule has 1 N–H and O–H groups in total. The lowest BCUT2D eigenvalue weighted by atomic mass is 9.88. The Morgan fingerprint density at radius 1 is 1.05 bits per heavy atom. The highest BCUT2D eigenvalue weighted by Gasteiger charge is 2.28. The fourth-order valence-corrected chi connectivity index (χ4v) is 5.73. The summed E-state index contributed by atoms with van der Waals surface area (Å²) in [5, 5.41) is 3.06. The monoisotopic (exact) mass is 520 g/mol. The molecule has 0 radical (unpaired) electrons. The summed E-state index contributed by atoms with van der Waals surface area (Å²) >= 11 is 0. The molecule has 1 aliphatic carbocycles. The van der Waals surface area contributed by atoms with Crippen molar-refractivity contribution < 1.29 is 9.59 Å². The Morgan fingerprint density at radius 3 is 2.67 bits per heavy atom. The van der Waals surface area contributed by atoms with E-state index >= 15 is 0 Å². The van der Waals surface area contributed by atoms with Crippen molar-refractivity contribution in [3.8, 4) is 0 Å². The molecule has 0 spiro atoms. The molecule has 1 aliphatic heterocycles. The quantitative estimate of drug-likeness (QED) is 0.408. The second-order valence-electron chi connectivity index (χ2n) is 10.5. The number of imidazole rings is 1. The molecule has 8 nitrogen and oxygen atoms in total. The van der Waals surface area contributed by atoms with E-state index in [0.717, 1.165) is 54.3 Å². The number of ketones is 1. The number of nitrogens with zero attached hydrogens (tertiary/aromatic N) is 5. The van der Waals surface area contributed by atoms with Crippen molar-refractivity contribution >= 4 is 29.2 Å². The van der Waals surface area contributed by atoms with Crippen LogP contribution in [0.4, 0.5) is 5.69 Å². The van der Waals surface area contributed by atoms with Crippen LogP contribution in [-0.2, 0) is 4.79 Å². The zero-order chi connectivity index (χ0) is 27.1. The van der Waals surface area contributed by atoms with Crippen LogP contribution in [0.15, 0.2) is 67.1 Å². The van der Waals surface area contributed by atoms with Crippen molar-refractivity contribution in [2.75, 3.05) is 38.5 Å². The SMILES string of the molecule is CC(=O)C(c1cc(C(=O)Nc2ccc3c(c2)C=CC3N2CCN(C)CC2)ccc1C)c1cnc2ncccn12. The van der Waals surface area contributed by atoms with Crippen LogP contribution in [0.1, 0.15) is 57.2 Å². The van der Waals surface area contributed by atoms with Crippen molar-refractivity contribution in [3.63, 3.8) is 0 Å². The molecule has 2 aromatic heterocycles. The van der Waals surface area contributed by atoms with Crippen LogP contribution in [0.5, 0.6) is 0 Å². The highest BCUT2D eigenvalue weighted by molar-refractivity contribution is 6.05. The van der Waals surface area contributed by atoms with E-state index in [4.69, 9.17) is 0 Å². The minimum atomic E-state index is -0.561. The van der Waals surface area contributed by atoms with Gasteiger partial charge >= 0.3 is 0 Å². The molecule has 2 atom stereocenters. The summed E-state index contributed by atoms with van der Waals surface area (Å²) in [6.45, 7) is 7.77. The van der Waals surface area contributed by atoms with Crippen molar-refractivity contribution in [2.45, 2.75) is 25.8 Å². The van der Waals surface area contributed by atoms with Gasteiger partial charge in [-0.15, -0.1) is 0 Å². The first-order valence-electron chi connectivity index (χ1n) is 13.3. The number of benzene rings is 2. The van der Waals surface area contributed by atoms with E-state index in [1.165, 1.54) is 5.56 Å². The Balaban J connectivity index is 1.24. The van der Waals surface area contributed by atoms with Gasteiger partial charge < -0.3 is 10.2 Å². The number of carbonyl (C=O) groups excluding carboxylic acids is 2. The van der Waals surface area contributed by atoms with Crippen LogP contribution in [-0.4, -0.2) is 69.1 Å².